The molecule has 0 aromatic carbocycles. The molecule has 3 aromatic rings. The van der Waals surface area contributed by atoms with Crippen LogP contribution in [0, 0.1) is 25.5 Å². The van der Waals surface area contributed by atoms with Gasteiger partial charge in [0.05, 0.1) is 24.4 Å². The fourth-order valence-electron chi connectivity index (χ4n) is 3.35. The molecule has 0 aliphatic carbocycles. The van der Waals surface area contributed by atoms with Crippen LogP contribution in [0.5, 0.6) is 5.75 Å². The van der Waals surface area contributed by atoms with Crippen LogP contribution in [0.2, 0.25) is 5.02 Å². The average molecular weight is 488 g/mol. The fraction of sp³-hybridized carbons (Fsp3) is 0.238. The highest BCUT2D eigenvalue weighted by Crippen LogP contribution is 2.30. The van der Waals surface area contributed by atoms with Crippen LogP contribution in [0.3, 0.4) is 0 Å². The van der Waals surface area contributed by atoms with Crippen molar-refractivity contribution < 1.29 is 23.1 Å². The largest absolute Gasteiger partial charge is 0.498 e. The number of pyridine rings is 3. The number of ether oxygens (including phenoxy) is 1. The Morgan fingerprint density at radius 1 is 1.18 bits per heavy atom. The normalized spacial score (nSPS) is 11.4. The molecule has 0 fully saturated rings. The second-order valence-corrected chi connectivity index (χ2v) is 8.42. The minimum absolute atomic E-state index is 0.00179. The minimum atomic E-state index is -1.37. The van der Waals surface area contributed by atoms with E-state index >= 15 is 0 Å². The van der Waals surface area contributed by atoms with E-state index in [1.54, 1.807) is 13.8 Å². The van der Waals surface area contributed by atoms with E-state index in [0.717, 1.165) is 11.3 Å². The van der Waals surface area contributed by atoms with Crippen molar-refractivity contribution in [3.63, 3.8) is 0 Å². The number of hydroxylamine groups is 2. The third-order valence-electron chi connectivity index (χ3n) is 5.14. The lowest BCUT2D eigenvalue weighted by Gasteiger charge is -2.28. The Hall–Kier alpha value is -3.24. The fourth-order valence-corrected chi connectivity index (χ4v) is 3.53. The van der Waals surface area contributed by atoms with Crippen LogP contribution in [-0.4, -0.2) is 55.4 Å². The average Bonchev–Trinajstić information content (AvgIpc) is 2.77. The molecule has 3 aromatic heterocycles. The van der Waals surface area contributed by atoms with Gasteiger partial charge in [0.25, 0.3) is 11.5 Å². The Balaban J connectivity index is 2.08. The van der Waals surface area contributed by atoms with Crippen molar-refractivity contribution in [2.24, 2.45) is 0 Å². The summed E-state index contributed by atoms with van der Waals surface area (Å²) in [6, 6.07) is 3.67. The second-order valence-electron chi connectivity index (χ2n) is 8.04. The Labute approximate surface area is 201 Å². The molecule has 0 spiro atoms. The maximum atomic E-state index is 14.3. The van der Waals surface area contributed by atoms with Crippen molar-refractivity contribution in [2.45, 2.75) is 19.2 Å². The molecule has 0 radical (unpaired) electrons. The number of amides is 1. The molecule has 3 rings (SSSR count). The first-order chi connectivity index (χ1) is 15.9. The number of carbonyl (C=O) groups is 1. The smallest absolute Gasteiger partial charge is 0.295 e. The highest BCUT2D eigenvalue weighted by Gasteiger charge is 2.30. The van der Waals surface area contributed by atoms with Gasteiger partial charge in [-0.1, -0.05) is 11.6 Å². The Morgan fingerprint density at radius 3 is 2.47 bits per heavy atom. The first-order valence-corrected chi connectivity index (χ1v) is 10.5. The number of hydrogen-bond acceptors (Lipinski definition) is 6. The van der Waals surface area contributed by atoms with Crippen LogP contribution in [0.15, 0.2) is 35.4 Å². The highest BCUT2D eigenvalue weighted by molar-refractivity contribution is 6.39. The van der Waals surface area contributed by atoms with E-state index in [2.05, 4.69) is 9.97 Å². The van der Waals surface area contributed by atoms with Gasteiger partial charge in [-0.15, -0.1) is 0 Å². The van der Waals surface area contributed by atoms with Crippen LogP contribution in [-0.2, 0) is 10.2 Å². The number of aromatic nitrogens is 3. The summed E-state index contributed by atoms with van der Waals surface area (Å²) in [5, 5.41) is -0.631. The summed E-state index contributed by atoms with van der Waals surface area (Å²) in [7, 11) is 5.81. The van der Waals surface area contributed by atoms with Gasteiger partial charge in [0.2, 0.25) is 0 Å². The molecule has 34 heavy (non-hydrogen) atoms. The van der Waals surface area contributed by atoms with E-state index in [1.807, 2.05) is 0 Å². The molecule has 8 nitrogen and oxygen atoms in total. The number of hydrogen-bond donors (Lipinski definition) is 0. The van der Waals surface area contributed by atoms with E-state index in [9.17, 15) is 18.4 Å². The number of aryl methyl sites for hydroxylation is 2. The van der Waals surface area contributed by atoms with Gasteiger partial charge in [-0.05, 0) is 25.5 Å². The predicted octanol–water partition coefficient (Wildman–Crippen LogP) is 1.26. The van der Waals surface area contributed by atoms with Crippen molar-refractivity contribution in [2.75, 3.05) is 14.2 Å². The van der Waals surface area contributed by atoms with Gasteiger partial charge in [-0.2, -0.15) is 0 Å². The number of nitrogens with zero attached hydrogens (tertiary/aromatic N) is 4. The standard InChI is InChI=1S/C21H21B2ClF2N4O4/c1-10-8-27-14(19(31)29(3)33-4)7-15(10)30-11(2)5-16(17(24)20(30)32)34-21(22,23)18-13(26)6-12(25)9-28-18/h5-9H,22-23H2,1-4H3. The zero-order chi connectivity index (χ0) is 25.4. The lowest BCUT2D eigenvalue weighted by atomic mass is 9.62. The van der Waals surface area contributed by atoms with E-state index in [4.69, 9.17) is 21.2 Å². The van der Waals surface area contributed by atoms with Crippen LogP contribution in [0.4, 0.5) is 8.78 Å². The molecule has 1 amide bonds. The van der Waals surface area contributed by atoms with E-state index in [0.29, 0.717) is 23.0 Å². The van der Waals surface area contributed by atoms with Crippen molar-refractivity contribution >= 4 is 33.2 Å². The quantitative estimate of drug-likeness (QED) is 0.384. The van der Waals surface area contributed by atoms with Gasteiger partial charge in [0.15, 0.2) is 15.7 Å². The summed E-state index contributed by atoms with van der Waals surface area (Å²) in [5.74, 6) is -2.22. The van der Waals surface area contributed by atoms with Gasteiger partial charge < -0.3 is 4.74 Å². The Kier molecular flexibility index (Phi) is 7.13. The molecule has 0 saturated carbocycles. The molecular weight excluding hydrogens is 467 g/mol. The van der Waals surface area contributed by atoms with E-state index in [1.165, 1.54) is 52.7 Å². The van der Waals surface area contributed by atoms with Crippen molar-refractivity contribution in [3.05, 3.63) is 80.2 Å². The van der Waals surface area contributed by atoms with Gasteiger partial charge in [0, 0.05) is 31.1 Å². The predicted molar refractivity (Wildman–Crippen MR) is 127 cm³/mol. The summed E-state index contributed by atoms with van der Waals surface area (Å²) >= 11 is 6.36. The van der Waals surface area contributed by atoms with Crippen molar-refractivity contribution in [1.82, 2.24) is 19.6 Å². The zero-order valence-corrected chi connectivity index (χ0v) is 20.2. The summed E-state index contributed by atoms with van der Waals surface area (Å²) in [5.41, 5.74) is 0.732. The maximum Gasteiger partial charge on any atom is 0.295 e. The lowest BCUT2D eigenvalue weighted by molar-refractivity contribution is -0.0760. The number of carbonyl (C=O) groups excluding carboxylic acids is 1. The molecule has 0 atom stereocenters. The maximum absolute atomic E-state index is 14.3. The molecule has 0 unspecified atom stereocenters. The molecule has 0 saturated heterocycles. The van der Waals surface area contributed by atoms with Gasteiger partial charge in [0.1, 0.15) is 33.8 Å². The molecule has 3 heterocycles. The minimum Gasteiger partial charge on any atom is -0.498 e. The number of rotatable bonds is 6. The third kappa shape index (κ3) is 4.83. The molecule has 0 bridgehead atoms. The summed E-state index contributed by atoms with van der Waals surface area (Å²) in [4.78, 5) is 38.5. The first kappa shape index (κ1) is 25.4. The van der Waals surface area contributed by atoms with Crippen LogP contribution >= 0.6 is 11.6 Å². The van der Waals surface area contributed by atoms with Crippen LogP contribution in [0.25, 0.3) is 5.69 Å². The van der Waals surface area contributed by atoms with Crippen molar-refractivity contribution in [3.8, 4) is 11.4 Å². The van der Waals surface area contributed by atoms with Gasteiger partial charge in [-0.3, -0.25) is 29.0 Å². The topological polar surface area (TPSA) is 86.5 Å². The molecule has 0 aliphatic heterocycles. The van der Waals surface area contributed by atoms with E-state index < -0.39 is 28.5 Å². The second kappa shape index (κ2) is 9.55. The SMILES string of the molecule is BC(B)(Oc1cc(C)n(-c2cc(C(=O)N(C)OC)ncc2C)c(=O)c1Cl)c1ncc(F)cc1F. The van der Waals surface area contributed by atoms with Gasteiger partial charge >= 0.3 is 0 Å². The lowest BCUT2D eigenvalue weighted by Crippen LogP contribution is -2.37. The molecule has 13 heteroatoms. The van der Waals surface area contributed by atoms with E-state index in [-0.39, 0.29) is 22.2 Å². The molecule has 0 N–H and O–H groups in total. The van der Waals surface area contributed by atoms with Crippen molar-refractivity contribution in [1.29, 1.82) is 0 Å². The summed E-state index contributed by atoms with van der Waals surface area (Å²) < 4.78 is 34.8. The highest BCUT2D eigenvalue weighted by atomic mass is 35.5. The Morgan fingerprint density at radius 2 is 1.85 bits per heavy atom. The Bertz CT molecular complexity index is 1340. The molecule has 176 valence electrons. The number of halogens is 3. The van der Waals surface area contributed by atoms with Gasteiger partial charge in [-0.25, -0.2) is 13.8 Å². The molecule has 0 aliphatic rings. The van der Waals surface area contributed by atoms with Crippen LogP contribution in [0.1, 0.15) is 27.4 Å². The summed E-state index contributed by atoms with van der Waals surface area (Å²) in [6.45, 7) is 3.38. The third-order valence-corrected chi connectivity index (χ3v) is 5.49. The van der Waals surface area contributed by atoms with Crippen LogP contribution < -0.4 is 10.3 Å². The monoisotopic (exact) mass is 488 g/mol. The summed E-state index contributed by atoms with van der Waals surface area (Å²) in [6.07, 6.45) is 2.34. The zero-order valence-electron chi connectivity index (χ0n) is 19.4. The molecular formula is C21H21B2ClF2N4O4. The first-order valence-electron chi connectivity index (χ1n) is 10.1.